The van der Waals surface area contributed by atoms with Gasteiger partial charge in [-0.2, -0.15) is 0 Å². The van der Waals surface area contributed by atoms with Gasteiger partial charge in [-0.1, -0.05) is 6.07 Å². The molecule has 1 saturated heterocycles. The van der Waals surface area contributed by atoms with E-state index in [0.717, 1.165) is 31.6 Å². The highest BCUT2D eigenvalue weighted by Gasteiger charge is 2.21. The molecule has 2 aromatic carbocycles. The molecule has 0 aromatic heterocycles. The summed E-state index contributed by atoms with van der Waals surface area (Å²) in [6.45, 7) is 4.22. The minimum Gasteiger partial charge on any atom is -0.508 e. The Labute approximate surface area is 176 Å². The molecule has 4 N–H and O–H groups in total. The maximum absolute atomic E-state index is 13.6. The standard InChI is InChI=1S/C22H28FN5O2/c1-2-24-22(25-14-21(30)26-17-8-10-20(29)11-9-17)27-18-6-4-12-28(15-18)19-7-3-5-16(23)13-19/h3,5,7-11,13,18,29H,2,4,6,12,14-15H2,1H3,(H,26,30)(H2,24,25,27). The maximum Gasteiger partial charge on any atom is 0.246 e. The van der Waals surface area contributed by atoms with Crippen LogP contribution in [0.25, 0.3) is 0 Å². The van der Waals surface area contributed by atoms with Crippen LogP contribution in [0.5, 0.6) is 5.75 Å². The Balaban J connectivity index is 1.57. The lowest BCUT2D eigenvalue weighted by Gasteiger charge is -2.35. The number of hydrogen-bond acceptors (Lipinski definition) is 4. The smallest absolute Gasteiger partial charge is 0.246 e. The third-order valence-corrected chi connectivity index (χ3v) is 4.81. The van der Waals surface area contributed by atoms with Gasteiger partial charge in [0.15, 0.2) is 5.96 Å². The van der Waals surface area contributed by atoms with Crippen molar-refractivity contribution in [3.8, 4) is 5.75 Å². The van der Waals surface area contributed by atoms with Gasteiger partial charge in [0.05, 0.1) is 0 Å². The normalized spacial score (nSPS) is 16.8. The molecule has 0 radical (unpaired) electrons. The van der Waals surface area contributed by atoms with Crippen molar-refractivity contribution in [1.29, 1.82) is 0 Å². The Bertz CT molecular complexity index is 872. The number of aliphatic imine (C=N–C) groups is 1. The van der Waals surface area contributed by atoms with Crippen LogP contribution >= 0.6 is 0 Å². The molecule has 0 saturated carbocycles. The second-order valence-electron chi connectivity index (χ2n) is 7.20. The Morgan fingerprint density at radius 1 is 1.27 bits per heavy atom. The van der Waals surface area contributed by atoms with E-state index in [9.17, 15) is 14.3 Å². The fraction of sp³-hybridized carbons (Fsp3) is 0.364. The number of phenolic OH excluding ortho intramolecular Hbond substituents is 1. The van der Waals surface area contributed by atoms with Crippen LogP contribution in [0.3, 0.4) is 0 Å². The monoisotopic (exact) mass is 413 g/mol. The first-order valence-electron chi connectivity index (χ1n) is 10.2. The van der Waals surface area contributed by atoms with E-state index in [4.69, 9.17) is 0 Å². The fourth-order valence-electron chi connectivity index (χ4n) is 3.41. The van der Waals surface area contributed by atoms with Crippen molar-refractivity contribution in [3.05, 3.63) is 54.3 Å². The number of carbonyl (C=O) groups excluding carboxylic acids is 1. The van der Waals surface area contributed by atoms with Crippen LogP contribution in [0.2, 0.25) is 0 Å². The van der Waals surface area contributed by atoms with E-state index in [2.05, 4.69) is 25.8 Å². The first kappa shape index (κ1) is 21.4. The average Bonchev–Trinajstić information content (AvgIpc) is 2.74. The number of anilines is 2. The predicted octanol–water partition coefficient (Wildman–Crippen LogP) is 2.69. The van der Waals surface area contributed by atoms with Gasteiger partial charge in [-0.25, -0.2) is 9.38 Å². The van der Waals surface area contributed by atoms with Crippen molar-refractivity contribution in [2.24, 2.45) is 4.99 Å². The minimum absolute atomic E-state index is 0.0312. The number of hydrogen-bond donors (Lipinski definition) is 4. The van der Waals surface area contributed by atoms with E-state index in [1.807, 2.05) is 13.0 Å². The van der Waals surface area contributed by atoms with Gasteiger partial charge in [-0.05, 0) is 62.2 Å². The summed E-state index contributed by atoms with van der Waals surface area (Å²) >= 11 is 0. The molecular weight excluding hydrogens is 385 g/mol. The Morgan fingerprint density at radius 2 is 2.07 bits per heavy atom. The average molecular weight is 413 g/mol. The third-order valence-electron chi connectivity index (χ3n) is 4.81. The summed E-state index contributed by atoms with van der Waals surface area (Å²) in [5.74, 6) is 0.230. The van der Waals surface area contributed by atoms with Gasteiger partial charge in [-0.15, -0.1) is 0 Å². The van der Waals surface area contributed by atoms with Crippen LogP contribution in [0.15, 0.2) is 53.5 Å². The summed E-state index contributed by atoms with van der Waals surface area (Å²) in [6.07, 6.45) is 1.95. The molecule has 7 nitrogen and oxygen atoms in total. The second kappa shape index (κ2) is 10.5. The summed E-state index contributed by atoms with van der Waals surface area (Å²) in [5.41, 5.74) is 1.47. The summed E-state index contributed by atoms with van der Waals surface area (Å²) in [7, 11) is 0. The number of carbonyl (C=O) groups is 1. The van der Waals surface area contributed by atoms with Crippen LogP contribution in [-0.4, -0.2) is 49.2 Å². The lowest BCUT2D eigenvalue weighted by atomic mass is 10.0. The molecule has 0 spiro atoms. The Kier molecular flexibility index (Phi) is 7.48. The highest BCUT2D eigenvalue weighted by atomic mass is 19.1. The van der Waals surface area contributed by atoms with Crippen LogP contribution in [0.4, 0.5) is 15.8 Å². The van der Waals surface area contributed by atoms with Gasteiger partial charge < -0.3 is 26.0 Å². The topological polar surface area (TPSA) is 89.0 Å². The first-order valence-corrected chi connectivity index (χ1v) is 10.2. The Hall–Kier alpha value is -3.29. The molecule has 1 amide bonds. The number of aromatic hydroxyl groups is 1. The molecule has 8 heteroatoms. The number of rotatable bonds is 6. The summed E-state index contributed by atoms with van der Waals surface area (Å²) in [4.78, 5) is 18.7. The largest absolute Gasteiger partial charge is 0.508 e. The van der Waals surface area contributed by atoms with Crippen LogP contribution < -0.4 is 20.9 Å². The third kappa shape index (κ3) is 6.37. The summed E-state index contributed by atoms with van der Waals surface area (Å²) in [5, 5.41) is 18.6. The van der Waals surface area contributed by atoms with Gasteiger partial charge >= 0.3 is 0 Å². The number of benzene rings is 2. The lowest BCUT2D eigenvalue weighted by molar-refractivity contribution is -0.114. The highest BCUT2D eigenvalue weighted by molar-refractivity contribution is 5.94. The van der Waals surface area contributed by atoms with E-state index in [1.54, 1.807) is 24.3 Å². The van der Waals surface area contributed by atoms with Gasteiger partial charge in [-0.3, -0.25) is 4.79 Å². The molecule has 160 valence electrons. The second-order valence-corrected chi connectivity index (χ2v) is 7.20. The van der Waals surface area contributed by atoms with Crippen molar-refractivity contribution in [3.63, 3.8) is 0 Å². The molecule has 2 aromatic rings. The van der Waals surface area contributed by atoms with Crippen molar-refractivity contribution < 1.29 is 14.3 Å². The van der Waals surface area contributed by atoms with Crippen LogP contribution in [-0.2, 0) is 4.79 Å². The van der Waals surface area contributed by atoms with Crippen molar-refractivity contribution >= 4 is 23.2 Å². The van der Waals surface area contributed by atoms with Gasteiger partial charge in [0, 0.05) is 37.1 Å². The number of amides is 1. The molecule has 1 fully saturated rings. The van der Waals surface area contributed by atoms with E-state index >= 15 is 0 Å². The van der Waals surface area contributed by atoms with E-state index in [1.165, 1.54) is 18.2 Å². The van der Waals surface area contributed by atoms with Gasteiger partial charge in [0.1, 0.15) is 18.1 Å². The van der Waals surface area contributed by atoms with Crippen LogP contribution in [0, 0.1) is 5.82 Å². The molecule has 1 unspecified atom stereocenters. The van der Waals surface area contributed by atoms with E-state index in [-0.39, 0.29) is 30.1 Å². The maximum atomic E-state index is 13.6. The molecular formula is C22H28FN5O2. The Morgan fingerprint density at radius 3 is 2.80 bits per heavy atom. The van der Waals surface area contributed by atoms with Gasteiger partial charge in [0.25, 0.3) is 0 Å². The molecule has 30 heavy (non-hydrogen) atoms. The fourth-order valence-corrected chi connectivity index (χ4v) is 3.41. The SMILES string of the molecule is CCNC(=NCC(=O)Nc1ccc(O)cc1)NC1CCCN(c2cccc(F)c2)C1. The zero-order valence-electron chi connectivity index (χ0n) is 17.1. The van der Waals surface area contributed by atoms with E-state index < -0.39 is 0 Å². The van der Waals surface area contributed by atoms with Crippen molar-refractivity contribution in [2.75, 3.05) is 36.4 Å². The lowest BCUT2D eigenvalue weighted by Crippen LogP contribution is -2.51. The quantitative estimate of drug-likeness (QED) is 0.332. The molecule has 1 aliphatic heterocycles. The molecule has 3 rings (SSSR count). The zero-order chi connectivity index (χ0) is 21.3. The molecule has 1 atom stereocenters. The predicted molar refractivity (Wildman–Crippen MR) is 117 cm³/mol. The van der Waals surface area contributed by atoms with Crippen molar-refractivity contribution in [2.45, 2.75) is 25.8 Å². The molecule has 0 aliphatic carbocycles. The van der Waals surface area contributed by atoms with E-state index in [0.29, 0.717) is 18.2 Å². The number of halogens is 1. The molecule has 1 heterocycles. The highest BCUT2D eigenvalue weighted by Crippen LogP contribution is 2.20. The number of guanidine groups is 1. The number of nitrogens with zero attached hydrogens (tertiary/aromatic N) is 2. The minimum atomic E-state index is -0.247. The first-order chi connectivity index (χ1) is 14.5. The zero-order valence-corrected chi connectivity index (χ0v) is 17.1. The van der Waals surface area contributed by atoms with Gasteiger partial charge in [0.2, 0.25) is 5.91 Å². The number of phenols is 1. The van der Waals surface area contributed by atoms with Crippen molar-refractivity contribution in [1.82, 2.24) is 10.6 Å². The van der Waals surface area contributed by atoms with Crippen LogP contribution in [0.1, 0.15) is 19.8 Å². The number of piperidine rings is 1. The summed E-state index contributed by atoms with van der Waals surface area (Å²) < 4.78 is 13.6. The molecule has 1 aliphatic rings. The summed E-state index contributed by atoms with van der Waals surface area (Å²) in [6, 6.07) is 13.1. The molecule has 0 bridgehead atoms. The number of nitrogens with one attached hydrogen (secondary N) is 3.